The highest BCUT2D eigenvalue weighted by atomic mass is 35.5. The van der Waals surface area contributed by atoms with Gasteiger partial charge in [-0.15, -0.1) is 0 Å². The van der Waals surface area contributed by atoms with E-state index in [9.17, 15) is 8.42 Å². The summed E-state index contributed by atoms with van der Waals surface area (Å²) in [5.41, 5.74) is 6.21. The predicted octanol–water partition coefficient (Wildman–Crippen LogP) is 2.21. The maximum absolute atomic E-state index is 12.1. The lowest BCUT2D eigenvalue weighted by molar-refractivity contribution is 0.599. The van der Waals surface area contributed by atoms with Crippen molar-refractivity contribution in [2.45, 2.75) is 24.3 Å². The van der Waals surface area contributed by atoms with Crippen LogP contribution in [0.5, 0.6) is 0 Å². The van der Waals surface area contributed by atoms with Gasteiger partial charge in [-0.25, -0.2) is 8.42 Å². The molecule has 1 heterocycles. The average Bonchev–Trinajstić information content (AvgIpc) is 2.41. The fraction of sp³-hybridized carbons (Fsp3) is 0.273. The fourth-order valence-electron chi connectivity index (χ4n) is 1.76. The highest BCUT2D eigenvalue weighted by Crippen LogP contribution is 2.38. The molecule has 0 amide bonds. The van der Waals surface area contributed by atoms with E-state index in [0.29, 0.717) is 21.9 Å². The number of sulfone groups is 1. The second-order valence-corrected chi connectivity index (χ2v) is 6.33. The first-order valence-electron chi connectivity index (χ1n) is 4.92. The minimum atomic E-state index is -3.37. The molecule has 5 heteroatoms. The number of fused-ring (bicyclic) bond motifs is 1. The van der Waals surface area contributed by atoms with Gasteiger partial charge in [0.2, 0.25) is 9.84 Å². The molecule has 1 unspecified atom stereocenters. The van der Waals surface area contributed by atoms with E-state index in [-0.39, 0.29) is 10.9 Å². The molecule has 0 radical (unpaired) electrons. The zero-order valence-electron chi connectivity index (χ0n) is 8.77. The first kappa shape index (κ1) is 11.6. The van der Waals surface area contributed by atoms with Crippen molar-refractivity contribution in [3.63, 3.8) is 0 Å². The van der Waals surface area contributed by atoms with Gasteiger partial charge in [0.05, 0.1) is 9.80 Å². The van der Waals surface area contributed by atoms with Gasteiger partial charge in [0.15, 0.2) is 0 Å². The van der Waals surface area contributed by atoms with Crippen LogP contribution in [-0.2, 0) is 9.84 Å². The van der Waals surface area contributed by atoms with Crippen LogP contribution in [0, 0.1) is 0 Å². The second-order valence-electron chi connectivity index (χ2n) is 3.95. The van der Waals surface area contributed by atoms with Gasteiger partial charge in [0.1, 0.15) is 0 Å². The molecule has 1 atom stereocenters. The Morgan fingerprint density at radius 1 is 1.44 bits per heavy atom. The third kappa shape index (κ3) is 1.77. The molecule has 0 bridgehead atoms. The van der Waals surface area contributed by atoms with Crippen LogP contribution in [0.2, 0.25) is 5.02 Å². The normalized spacial score (nSPS) is 19.1. The maximum Gasteiger partial charge on any atom is 0.203 e. The van der Waals surface area contributed by atoms with Gasteiger partial charge in [-0.2, -0.15) is 0 Å². The van der Waals surface area contributed by atoms with Crippen molar-refractivity contribution < 1.29 is 8.42 Å². The first-order chi connectivity index (χ1) is 7.43. The number of benzene rings is 1. The van der Waals surface area contributed by atoms with Crippen LogP contribution in [0.3, 0.4) is 0 Å². The molecule has 86 valence electrons. The lowest BCUT2D eigenvalue weighted by atomic mass is 10.1. The van der Waals surface area contributed by atoms with Crippen LogP contribution in [0.1, 0.15) is 18.9 Å². The zero-order valence-corrected chi connectivity index (χ0v) is 10.3. The highest BCUT2D eigenvalue weighted by molar-refractivity contribution is 7.95. The molecule has 0 aromatic heterocycles. The van der Waals surface area contributed by atoms with E-state index < -0.39 is 9.84 Å². The molecule has 1 aromatic rings. The Hall–Kier alpha value is -0.840. The molecule has 1 aliphatic heterocycles. The van der Waals surface area contributed by atoms with Crippen molar-refractivity contribution >= 4 is 27.5 Å². The Morgan fingerprint density at radius 2 is 2.12 bits per heavy atom. The Kier molecular flexibility index (Phi) is 2.82. The minimum Gasteiger partial charge on any atom is -0.328 e. The summed E-state index contributed by atoms with van der Waals surface area (Å²) < 4.78 is 24.2. The smallest absolute Gasteiger partial charge is 0.203 e. The third-order valence-corrected chi connectivity index (χ3v) is 4.72. The van der Waals surface area contributed by atoms with Gasteiger partial charge in [-0.05, 0) is 31.6 Å². The van der Waals surface area contributed by atoms with Crippen LogP contribution in [0.25, 0.3) is 6.08 Å². The largest absolute Gasteiger partial charge is 0.328 e. The summed E-state index contributed by atoms with van der Waals surface area (Å²) >= 11 is 5.96. The molecular formula is C11H12ClNO2S. The molecule has 2 rings (SSSR count). The molecule has 16 heavy (non-hydrogen) atoms. The molecule has 1 aromatic carbocycles. The van der Waals surface area contributed by atoms with Gasteiger partial charge in [0.25, 0.3) is 0 Å². The van der Waals surface area contributed by atoms with Crippen LogP contribution in [0.15, 0.2) is 28.0 Å². The average molecular weight is 258 g/mol. The van der Waals surface area contributed by atoms with Gasteiger partial charge < -0.3 is 5.73 Å². The fourth-order valence-corrected chi connectivity index (χ4v) is 3.80. The summed E-state index contributed by atoms with van der Waals surface area (Å²) in [5, 5.41) is 0.459. The number of halogens is 1. The summed E-state index contributed by atoms with van der Waals surface area (Å²) in [6.07, 6.45) is 1.96. The summed E-state index contributed by atoms with van der Waals surface area (Å²) in [6, 6.07) is 4.71. The second kappa shape index (κ2) is 3.87. The maximum atomic E-state index is 12.1. The van der Waals surface area contributed by atoms with Gasteiger partial charge in [0, 0.05) is 16.6 Å². The Bertz CT molecular complexity index is 561. The van der Waals surface area contributed by atoms with E-state index in [0.717, 1.165) is 0 Å². The van der Waals surface area contributed by atoms with Crippen molar-refractivity contribution in [1.82, 2.24) is 0 Å². The first-order valence-corrected chi connectivity index (χ1v) is 6.79. The summed E-state index contributed by atoms with van der Waals surface area (Å²) in [6.45, 7) is 1.78. The van der Waals surface area contributed by atoms with Gasteiger partial charge in [-0.3, -0.25) is 0 Å². The predicted molar refractivity (Wildman–Crippen MR) is 64.9 cm³/mol. The van der Waals surface area contributed by atoms with Crippen LogP contribution in [0.4, 0.5) is 0 Å². The van der Waals surface area contributed by atoms with Crippen molar-refractivity contribution in [1.29, 1.82) is 0 Å². The molecule has 0 aliphatic carbocycles. The molecule has 0 saturated heterocycles. The highest BCUT2D eigenvalue weighted by Gasteiger charge is 2.30. The van der Waals surface area contributed by atoms with E-state index in [1.54, 1.807) is 31.2 Å². The molecule has 2 N–H and O–H groups in total. The van der Waals surface area contributed by atoms with E-state index in [4.69, 9.17) is 17.3 Å². The van der Waals surface area contributed by atoms with Gasteiger partial charge in [-0.1, -0.05) is 17.7 Å². The minimum absolute atomic E-state index is 0.186. The number of hydrogen-bond acceptors (Lipinski definition) is 3. The third-order valence-electron chi connectivity index (χ3n) is 2.48. The van der Waals surface area contributed by atoms with Crippen LogP contribution in [-0.4, -0.2) is 14.5 Å². The molecule has 0 fully saturated rings. The lowest BCUT2D eigenvalue weighted by Gasteiger charge is -2.06. The Labute approximate surface area is 99.8 Å². The number of rotatable bonds is 2. The summed E-state index contributed by atoms with van der Waals surface area (Å²) in [4.78, 5) is 0.640. The number of hydrogen-bond donors (Lipinski definition) is 1. The monoisotopic (exact) mass is 257 g/mol. The summed E-state index contributed by atoms with van der Waals surface area (Å²) in [5.74, 6) is 0. The lowest BCUT2D eigenvalue weighted by Crippen LogP contribution is -2.17. The molecule has 3 nitrogen and oxygen atoms in total. The van der Waals surface area contributed by atoms with Crippen LogP contribution < -0.4 is 5.73 Å². The van der Waals surface area contributed by atoms with Crippen molar-refractivity contribution in [3.05, 3.63) is 33.7 Å². The van der Waals surface area contributed by atoms with Gasteiger partial charge >= 0.3 is 0 Å². The molecule has 0 spiro atoms. The van der Waals surface area contributed by atoms with Crippen molar-refractivity contribution in [2.75, 3.05) is 0 Å². The zero-order chi connectivity index (χ0) is 11.9. The molecule has 1 aliphatic rings. The van der Waals surface area contributed by atoms with Crippen LogP contribution >= 0.6 is 11.6 Å². The Balaban J connectivity index is 2.57. The quantitative estimate of drug-likeness (QED) is 0.884. The van der Waals surface area contributed by atoms with E-state index in [2.05, 4.69) is 0 Å². The van der Waals surface area contributed by atoms with Crippen molar-refractivity contribution in [3.8, 4) is 0 Å². The standard InChI is InChI=1S/C11H12ClNO2S/c1-7(13)5-8-6-9-10(12)3-2-4-11(9)16(8,14)15/h2-4,6-7H,5,13H2,1H3. The van der Waals surface area contributed by atoms with E-state index in [1.165, 1.54) is 0 Å². The SMILES string of the molecule is CC(N)CC1=Cc2c(Cl)cccc2S1(=O)=O. The summed E-state index contributed by atoms with van der Waals surface area (Å²) in [7, 11) is -3.37. The topological polar surface area (TPSA) is 60.2 Å². The molecular weight excluding hydrogens is 246 g/mol. The number of nitrogens with two attached hydrogens (primary N) is 1. The van der Waals surface area contributed by atoms with E-state index in [1.807, 2.05) is 0 Å². The van der Waals surface area contributed by atoms with Crippen molar-refractivity contribution in [2.24, 2.45) is 5.73 Å². The van der Waals surface area contributed by atoms with E-state index >= 15 is 0 Å². The Morgan fingerprint density at radius 3 is 2.69 bits per heavy atom. The molecule has 0 saturated carbocycles.